The second-order valence-electron chi connectivity index (χ2n) is 2.43. The summed E-state index contributed by atoms with van der Waals surface area (Å²) >= 11 is 0. The molecule has 0 saturated heterocycles. The van der Waals surface area contributed by atoms with Gasteiger partial charge in [-0.1, -0.05) is 12.2 Å². The van der Waals surface area contributed by atoms with Crippen LogP contribution in [0.1, 0.15) is 6.42 Å². The molecule has 0 aromatic heterocycles. The lowest BCUT2D eigenvalue weighted by Crippen LogP contribution is -2.19. The molecule has 1 aliphatic carbocycles. The zero-order chi connectivity index (χ0) is 10.0. The maximum Gasteiger partial charge on any atom is 0.340 e. The summed E-state index contributed by atoms with van der Waals surface area (Å²) in [6.45, 7) is 0. The Morgan fingerprint density at radius 3 is 2.23 bits per heavy atom. The van der Waals surface area contributed by atoms with Crippen molar-refractivity contribution in [2.24, 2.45) is 0 Å². The Hall–Kier alpha value is -1.91. The van der Waals surface area contributed by atoms with Gasteiger partial charge in [0.15, 0.2) is 5.78 Å². The standard InChI is InChI=1S/C8H6O5/c9-5-3-1-2-4(7(10)11)6(5)8(12)13/h1-2H,3H2,(H,10,11)(H,12,13). The SMILES string of the molecule is O=C(O)C1=C(C(=O)O)C(=O)CC=C1. The van der Waals surface area contributed by atoms with E-state index in [2.05, 4.69) is 0 Å². The summed E-state index contributed by atoms with van der Waals surface area (Å²) in [6.07, 6.45) is 2.41. The fourth-order valence-electron chi connectivity index (χ4n) is 1.03. The molecule has 0 spiro atoms. The Morgan fingerprint density at radius 2 is 1.85 bits per heavy atom. The van der Waals surface area contributed by atoms with Gasteiger partial charge in [-0.25, -0.2) is 9.59 Å². The lowest BCUT2D eigenvalue weighted by Gasteiger charge is -2.07. The maximum atomic E-state index is 11.0. The van der Waals surface area contributed by atoms with Crippen molar-refractivity contribution < 1.29 is 24.6 Å². The molecule has 0 bridgehead atoms. The van der Waals surface area contributed by atoms with Crippen molar-refractivity contribution in [3.05, 3.63) is 23.3 Å². The maximum absolute atomic E-state index is 11.0. The normalized spacial score (nSPS) is 16.2. The first-order valence-electron chi connectivity index (χ1n) is 3.44. The number of carbonyl (C=O) groups excluding carboxylic acids is 1. The quantitative estimate of drug-likeness (QED) is 0.585. The molecule has 0 radical (unpaired) electrons. The lowest BCUT2D eigenvalue weighted by atomic mass is 9.96. The molecule has 0 aliphatic heterocycles. The summed E-state index contributed by atoms with van der Waals surface area (Å²) in [6, 6.07) is 0. The van der Waals surface area contributed by atoms with Gasteiger partial charge >= 0.3 is 11.9 Å². The van der Waals surface area contributed by atoms with Crippen LogP contribution in [0.4, 0.5) is 0 Å². The predicted octanol–water partition coefficient (Wildman–Crippen LogP) is -0.0188. The zero-order valence-corrected chi connectivity index (χ0v) is 6.48. The van der Waals surface area contributed by atoms with Crippen LogP contribution in [0.2, 0.25) is 0 Å². The van der Waals surface area contributed by atoms with Gasteiger partial charge in [-0.3, -0.25) is 4.79 Å². The third-order valence-corrected chi connectivity index (χ3v) is 1.58. The number of rotatable bonds is 2. The van der Waals surface area contributed by atoms with Crippen molar-refractivity contribution in [3.63, 3.8) is 0 Å². The average Bonchev–Trinajstić information content (AvgIpc) is 2.02. The number of hydrogen-bond acceptors (Lipinski definition) is 3. The predicted molar refractivity (Wildman–Crippen MR) is 41.1 cm³/mol. The Bertz CT molecular complexity index is 348. The van der Waals surface area contributed by atoms with Gasteiger partial charge in [0.2, 0.25) is 0 Å². The van der Waals surface area contributed by atoms with Gasteiger partial charge in [-0.2, -0.15) is 0 Å². The molecule has 0 unspecified atom stereocenters. The number of aliphatic carboxylic acids is 2. The summed E-state index contributed by atoms with van der Waals surface area (Å²) in [5.74, 6) is -3.57. The van der Waals surface area contributed by atoms with Gasteiger partial charge in [0.05, 0.1) is 5.57 Å². The smallest absolute Gasteiger partial charge is 0.340 e. The van der Waals surface area contributed by atoms with Gasteiger partial charge in [0, 0.05) is 6.42 Å². The van der Waals surface area contributed by atoms with Crippen LogP contribution in [-0.2, 0) is 14.4 Å². The summed E-state index contributed by atoms with van der Waals surface area (Å²) in [4.78, 5) is 32.0. The number of carbonyl (C=O) groups is 3. The first-order chi connectivity index (χ1) is 6.04. The van der Waals surface area contributed by atoms with E-state index >= 15 is 0 Å². The molecular formula is C8H6O5. The molecule has 13 heavy (non-hydrogen) atoms. The molecule has 0 fully saturated rings. The highest BCUT2D eigenvalue weighted by Crippen LogP contribution is 2.16. The third-order valence-electron chi connectivity index (χ3n) is 1.58. The van der Waals surface area contributed by atoms with Crippen molar-refractivity contribution in [3.8, 4) is 0 Å². The molecule has 2 N–H and O–H groups in total. The Kier molecular flexibility index (Phi) is 2.27. The highest BCUT2D eigenvalue weighted by atomic mass is 16.4. The molecule has 0 amide bonds. The molecule has 68 valence electrons. The Labute approximate surface area is 73.0 Å². The lowest BCUT2D eigenvalue weighted by molar-refractivity contribution is -0.137. The second-order valence-corrected chi connectivity index (χ2v) is 2.43. The number of carboxylic acid groups (broad SMARTS) is 2. The van der Waals surface area contributed by atoms with E-state index in [1.165, 1.54) is 6.08 Å². The average molecular weight is 182 g/mol. The van der Waals surface area contributed by atoms with Gasteiger partial charge in [-0.05, 0) is 0 Å². The van der Waals surface area contributed by atoms with E-state index in [9.17, 15) is 14.4 Å². The summed E-state index contributed by atoms with van der Waals surface area (Å²) in [7, 11) is 0. The fraction of sp³-hybridized carbons (Fsp3) is 0.125. The van der Waals surface area contributed by atoms with E-state index in [1.54, 1.807) is 0 Å². The van der Waals surface area contributed by atoms with Crippen LogP contribution in [0.5, 0.6) is 0 Å². The van der Waals surface area contributed by atoms with Crippen LogP contribution < -0.4 is 0 Å². The van der Waals surface area contributed by atoms with Gasteiger partial charge in [0.1, 0.15) is 5.57 Å². The third kappa shape index (κ3) is 1.64. The van der Waals surface area contributed by atoms with E-state index < -0.39 is 28.9 Å². The topological polar surface area (TPSA) is 91.7 Å². The van der Waals surface area contributed by atoms with Crippen molar-refractivity contribution in [2.45, 2.75) is 6.42 Å². The van der Waals surface area contributed by atoms with E-state index in [0.29, 0.717) is 0 Å². The minimum atomic E-state index is -1.49. The monoisotopic (exact) mass is 182 g/mol. The minimum absolute atomic E-state index is 0.0571. The molecule has 5 nitrogen and oxygen atoms in total. The zero-order valence-electron chi connectivity index (χ0n) is 6.48. The molecule has 0 atom stereocenters. The van der Waals surface area contributed by atoms with Gasteiger partial charge < -0.3 is 10.2 Å². The number of allylic oxidation sites excluding steroid dienone is 1. The summed E-state index contributed by atoms with van der Waals surface area (Å²) in [5, 5.41) is 17.1. The van der Waals surface area contributed by atoms with Crippen LogP contribution in [-0.4, -0.2) is 27.9 Å². The van der Waals surface area contributed by atoms with E-state index in [0.717, 1.165) is 6.08 Å². The van der Waals surface area contributed by atoms with E-state index in [1.807, 2.05) is 0 Å². The summed E-state index contributed by atoms with van der Waals surface area (Å²) in [5.41, 5.74) is -1.10. The largest absolute Gasteiger partial charge is 0.478 e. The van der Waals surface area contributed by atoms with Crippen molar-refractivity contribution in [1.29, 1.82) is 0 Å². The number of carboxylic acids is 2. The first kappa shape index (κ1) is 9.18. The van der Waals surface area contributed by atoms with E-state index in [4.69, 9.17) is 10.2 Å². The molecule has 1 aliphatic rings. The number of Topliss-reactive ketones (excluding diaryl/α,β-unsaturated/α-hetero) is 1. The van der Waals surface area contributed by atoms with Crippen LogP contribution >= 0.6 is 0 Å². The molecule has 0 heterocycles. The molecule has 0 aromatic carbocycles. The molecular weight excluding hydrogens is 176 g/mol. The Balaban J connectivity index is 3.28. The van der Waals surface area contributed by atoms with Crippen molar-refractivity contribution >= 4 is 17.7 Å². The van der Waals surface area contributed by atoms with Crippen molar-refractivity contribution in [1.82, 2.24) is 0 Å². The van der Waals surface area contributed by atoms with Crippen LogP contribution in [0, 0.1) is 0 Å². The van der Waals surface area contributed by atoms with Crippen molar-refractivity contribution in [2.75, 3.05) is 0 Å². The van der Waals surface area contributed by atoms with Gasteiger partial charge in [-0.15, -0.1) is 0 Å². The summed E-state index contributed by atoms with van der Waals surface area (Å²) < 4.78 is 0. The first-order valence-corrected chi connectivity index (χ1v) is 3.44. The minimum Gasteiger partial charge on any atom is -0.478 e. The van der Waals surface area contributed by atoms with Crippen LogP contribution in [0.3, 0.4) is 0 Å². The van der Waals surface area contributed by atoms with Crippen LogP contribution in [0.25, 0.3) is 0 Å². The second kappa shape index (κ2) is 3.22. The van der Waals surface area contributed by atoms with Gasteiger partial charge in [0.25, 0.3) is 0 Å². The van der Waals surface area contributed by atoms with E-state index in [-0.39, 0.29) is 6.42 Å². The highest BCUT2D eigenvalue weighted by Gasteiger charge is 2.26. The van der Waals surface area contributed by atoms with Crippen LogP contribution in [0.15, 0.2) is 23.3 Å². The highest BCUT2D eigenvalue weighted by molar-refractivity contribution is 6.22. The number of hydrogen-bond donors (Lipinski definition) is 2. The fourth-order valence-corrected chi connectivity index (χ4v) is 1.03. The molecule has 1 rings (SSSR count). The number of ketones is 1. The Morgan fingerprint density at radius 1 is 1.23 bits per heavy atom. The molecule has 5 heteroatoms. The molecule has 0 saturated carbocycles. The molecule has 0 aromatic rings.